The minimum Gasteiger partial charge on any atom is -0.398 e. The number of rotatable bonds is 2. The van der Waals surface area contributed by atoms with Crippen molar-refractivity contribution in [2.24, 2.45) is 5.73 Å². The molecule has 0 saturated heterocycles. The molecule has 1 aromatic rings. The minimum absolute atomic E-state index is 0.364. The molecule has 0 aliphatic heterocycles. The summed E-state index contributed by atoms with van der Waals surface area (Å²) in [6, 6.07) is 5.04. The molecule has 4 heteroatoms. The van der Waals surface area contributed by atoms with Crippen molar-refractivity contribution in [1.82, 2.24) is 0 Å². The lowest BCUT2D eigenvalue weighted by molar-refractivity contribution is 0.164. The van der Waals surface area contributed by atoms with Crippen LogP contribution in [0.15, 0.2) is 22.7 Å². The summed E-state index contributed by atoms with van der Waals surface area (Å²) in [6.45, 7) is 1.66. The average molecular weight is 245 g/mol. The number of aliphatic hydroxyl groups excluding tert-OH is 1. The van der Waals surface area contributed by atoms with Gasteiger partial charge in [0, 0.05) is 10.2 Å². The zero-order valence-electron chi connectivity index (χ0n) is 7.37. The molecule has 0 spiro atoms. The summed E-state index contributed by atoms with van der Waals surface area (Å²) >= 11 is 3.30. The molecule has 0 bridgehead atoms. The van der Waals surface area contributed by atoms with E-state index in [0.717, 1.165) is 10.0 Å². The number of hydrogen-bond donors (Lipinski definition) is 3. The van der Waals surface area contributed by atoms with Gasteiger partial charge in [-0.25, -0.2) is 0 Å². The highest BCUT2D eigenvalue weighted by Gasteiger charge is 2.12. The van der Waals surface area contributed by atoms with Crippen LogP contribution < -0.4 is 11.5 Å². The van der Waals surface area contributed by atoms with Crippen LogP contribution in [0, 0.1) is 0 Å². The van der Waals surface area contributed by atoms with Gasteiger partial charge in [-0.3, -0.25) is 0 Å². The second-order valence-electron chi connectivity index (χ2n) is 3.05. The zero-order valence-corrected chi connectivity index (χ0v) is 8.95. The summed E-state index contributed by atoms with van der Waals surface area (Å²) in [5, 5.41) is 9.26. The Morgan fingerprint density at radius 3 is 2.54 bits per heavy atom. The maximum atomic E-state index is 9.26. The maximum absolute atomic E-state index is 9.26. The molecule has 0 unspecified atom stereocenters. The highest BCUT2D eigenvalue weighted by molar-refractivity contribution is 9.10. The van der Waals surface area contributed by atoms with E-state index in [0.29, 0.717) is 5.69 Å². The summed E-state index contributed by atoms with van der Waals surface area (Å²) in [5.74, 6) is 0. The van der Waals surface area contributed by atoms with Crippen LogP contribution in [-0.4, -0.2) is 11.2 Å². The number of benzene rings is 1. The van der Waals surface area contributed by atoms with Crippen molar-refractivity contribution in [1.29, 1.82) is 0 Å². The monoisotopic (exact) mass is 244 g/mol. The fourth-order valence-corrected chi connectivity index (χ4v) is 1.43. The third-order valence-electron chi connectivity index (χ3n) is 1.93. The zero-order chi connectivity index (χ0) is 10.0. The highest BCUT2D eigenvalue weighted by Crippen LogP contribution is 2.24. The van der Waals surface area contributed by atoms with Gasteiger partial charge in [-0.1, -0.05) is 6.07 Å². The summed E-state index contributed by atoms with van der Waals surface area (Å²) < 4.78 is 0.807. The first-order valence-corrected chi connectivity index (χ1v) is 4.80. The van der Waals surface area contributed by atoms with Gasteiger partial charge in [0.1, 0.15) is 0 Å². The predicted molar refractivity (Wildman–Crippen MR) is 57.2 cm³/mol. The topological polar surface area (TPSA) is 72.3 Å². The summed E-state index contributed by atoms with van der Waals surface area (Å²) in [5.41, 5.74) is 12.9. The van der Waals surface area contributed by atoms with Crippen LogP contribution in [0.5, 0.6) is 0 Å². The molecule has 0 fully saturated rings. The van der Waals surface area contributed by atoms with Gasteiger partial charge in [0.05, 0.1) is 12.1 Å². The van der Waals surface area contributed by atoms with E-state index in [9.17, 15) is 5.11 Å². The van der Waals surface area contributed by atoms with E-state index >= 15 is 0 Å². The molecule has 0 saturated carbocycles. The van der Waals surface area contributed by atoms with E-state index in [4.69, 9.17) is 11.5 Å². The third kappa shape index (κ3) is 2.43. The first-order chi connectivity index (χ1) is 6.02. The number of hydrogen-bond acceptors (Lipinski definition) is 3. The van der Waals surface area contributed by atoms with Crippen molar-refractivity contribution >= 4 is 21.6 Å². The van der Waals surface area contributed by atoms with Gasteiger partial charge in [-0.15, -0.1) is 0 Å². The Hall–Kier alpha value is -0.580. The largest absolute Gasteiger partial charge is 0.398 e. The fraction of sp³-hybridized carbons (Fsp3) is 0.333. The quantitative estimate of drug-likeness (QED) is 0.690. The molecule has 1 aromatic carbocycles. The fourth-order valence-electron chi connectivity index (χ4n) is 1.03. The number of aliphatic hydroxyl groups is 1. The second kappa shape index (κ2) is 4.09. The van der Waals surface area contributed by atoms with Crippen molar-refractivity contribution in [3.05, 3.63) is 28.2 Å². The Bertz CT molecular complexity index is 302. The Morgan fingerprint density at radius 1 is 1.46 bits per heavy atom. The number of nitrogen functional groups attached to an aromatic ring is 1. The van der Waals surface area contributed by atoms with Crippen molar-refractivity contribution in [2.75, 3.05) is 5.73 Å². The van der Waals surface area contributed by atoms with Gasteiger partial charge in [-0.05, 0) is 40.5 Å². The van der Waals surface area contributed by atoms with E-state index in [1.165, 1.54) is 0 Å². The molecule has 0 heterocycles. The van der Waals surface area contributed by atoms with Gasteiger partial charge < -0.3 is 16.6 Å². The van der Waals surface area contributed by atoms with Crippen molar-refractivity contribution in [3.63, 3.8) is 0 Å². The summed E-state index contributed by atoms with van der Waals surface area (Å²) in [6.07, 6.45) is -0.560. The van der Waals surface area contributed by atoms with Crippen LogP contribution in [-0.2, 0) is 0 Å². The van der Waals surface area contributed by atoms with E-state index in [1.807, 2.05) is 12.1 Å². The van der Waals surface area contributed by atoms with Crippen LogP contribution >= 0.6 is 15.9 Å². The summed E-state index contributed by atoms with van der Waals surface area (Å²) in [7, 11) is 0. The molecular formula is C9H13BrN2O. The average Bonchev–Trinajstić information content (AvgIpc) is 2.08. The van der Waals surface area contributed by atoms with Crippen LogP contribution in [0.4, 0.5) is 5.69 Å². The molecular weight excluding hydrogens is 232 g/mol. The lowest BCUT2D eigenvalue weighted by Crippen LogP contribution is -2.23. The van der Waals surface area contributed by atoms with E-state index in [1.54, 1.807) is 13.0 Å². The SMILES string of the molecule is C[C@H](O)[C@@H](N)c1ccc(N)c(Br)c1. The molecule has 0 amide bonds. The van der Waals surface area contributed by atoms with E-state index in [-0.39, 0.29) is 6.04 Å². The Morgan fingerprint density at radius 2 is 2.08 bits per heavy atom. The standard InChI is InChI=1S/C9H13BrN2O/c1-5(13)9(12)6-2-3-8(11)7(10)4-6/h2-5,9,13H,11-12H2,1H3/t5-,9+/m0/s1. The van der Waals surface area contributed by atoms with Gasteiger partial charge in [0.25, 0.3) is 0 Å². The molecule has 3 nitrogen and oxygen atoms in total. The molecule has 13 heavy (non-hydrogen) atoms. The van der Waals surface area contributed by atoms with Gasteiger partial charge >= 0.3 is 0 Å². The van der Waals surface area contributed by atoms with Gasteiger partial charge in [0.2, 0.25) is 0 Å². The van der Waals surface area contributed by atoms with Crippen LogP contribution in [0.25, 0.3) is 0 Å². The molecule has 0 aromatic heterocycles. The van der Waals surface area contributed by atoms with Crippen molar-refractivity contribution in [2.45, 2.75) is 19.1 Å². The molecule has 2 atom stereocenters. The van der Waals surface area contributed by atoms with Crippen LogP contribution in [0.1, 0.15) is 18.5 Å². The van der Waals surface area contributed by atoms with Gasteiger partial charge in [0.15, 0.2) is 0 Å². The van der Waals surface area contributed by atoms with Gasteiger partial charge in [-0.2, -0.15) is 0 Å². The highest BCUT2D eigenvalue weighted by atomic mass is 79.9. The molecule has 1 rings (SSSR count). The first kappa shape index (κ1) is 10.5. The Kier molecular flexibility index (Phi) is 3.30. The Labute approximate surface area is 85.9 Å². The normalized spacial score (nSPS) is 15.4. The number of anilines is 1. The Balaban J connectivity index is 2.97. The smallest absolute Gasteiger partial charge is 0.0704 e. The predicted octanol–water partition coefficient (Wildman–Crippen LogP) is 1.41. The molecule has 0 radical (unpaired) electrons. The lowest BCUT2D eigenvalue weighted by Gasteiger charge is -2.15. The lowest BCUT2D eigenvalue weighted by atomic mass is 10.0. The van der Waals surface area contributed by atoms with Crippen molar-refractivity contribution in [3.8, 4) is 0 Å². The van der Waals surface area contributed by atoms with E-state index < -0.39 is 6.10 Å². The van der Waals surface area contributed by atoms with Crippen LogP contribution in [0.3, 0.4) is 0 Å². The molecule has 0 aliphatic carbocycles. The minimum atomic E-state index is -0.560. The maximum Gasteiger partial charge on any atom is 0.0704 e. The summed E-state index contributed by atoms with van der Waals surface area (Å²) in [4.78, 5) is 0. The molecule has 72 valence electrons. The number of nitrogens with two attached hydrogens (primary N) is 2. The first-order valence-electron chi connectivity index (χ1n) is 4.01. The molecule has 0 aliphatic rings. The van der Waals surface area contributed by atoms with Crippen molar-refractivity contribution < 1.29 is 5.11 Å². The third-order valence-corrected chi connectivity index (χ3v) is 2.62. The molecule has 5 N–H and O–H groups in total. The second-order valence-corrected chi connectivity index (χ2v) is 3.90. The van der Waals surface area contributed by atoms with E-state index in [2.05, 4.69) is 15.9 Å². The number of halogens is 1. The van der Waals surface area contributed by atoms with Crippen LogP contribution in [0.2, 0.25) is 0 Å².